The highest BCUT2D eigenvalue weighted by molar-refractivity contribution is 4.90. The number of hydrogen-bond acceptors (Lipinski definition) is 2. The van der Waals surface area contributed by atoms with E-state index in [-0.39, 0.29) is 6.04 Å². The fourth-order valence-electron chi connectivity index (χ4n) is 1.03. The minimum Gasteiger partial charge on any atom is -0.300 e. The summed E-state index contributed by atoms with van der Waals surface area (Å²) < 4.78 is 0. The van der Waals surface area contributed by atoms with Gasteiger partial charge in [0.1, 0.15) is 0 Å². The van der Waals surface area contributed by atoms with Crippen molar-refractivity contribution in [2.75, 3.05) is 0 Å². The largest absolute Gasteiger partial charge is 0.300 e. The Balaban J connectivity index is 3.70. The Labute approximate surface area is 69.6 Å². The third kappa shape index (κ3) is 5.87. The number of nitrogens with one attached hydrogen (secondary N) is 1. The third-order valence-corrected chi connectivity index (χ3v) is 1.40. The number of nitrogens with zero attached hydrogens (tertiary/aromatic N) is 1. The quantitative estimate of drug-likeness (QED) is 0.671. The predicted molar refractivity (Wildman–Crippen MR) is 47.1 cm³/mol. The summed E-state index contributed by atoms with van der Waals surface area (Å²) in [6.07, 6.45) is 0.939. The van der Waals surface area contributed by atoms with Crippen molar-refractivity contribution in [3.8, 4) is 6.07 Å². The molecule has 2 nitrogen and oxygen atoms in total. The maximum Gasteiger partial charge on any atom is 0.0957 e. The Morgan fingerprint density at radius 2 is 1.82 bits per heavy atom. The van der Waals surface area contributed by atoms with Crippen molar-refractivity contribution in [3.05, 3.63) is 0 Å². The lowest BCUT2D eigenvalue weighted by atomic mass is 10.0. The summed E-state index contributed by atoms with van der Waals surface area (Å²) >= 11 is 0. The molecule has 0 aliphatic carbocycles. The van der Waals surface area contributed by atoms with Crippen molar-refractivity contribution in [3.63, 3.8) is 0 Å². The first kappa shape index (κ1) is 10.4. The van der Waals surface area contributed by atoms with E-state index in [0.717, 1.165) is 6.42 Å². The van der Waals surface area contributed by atoms with Crippen LogP contribution in [0.15, 0.2) is 0 Å². The Hall–Kier alpha value is -0.550. The van der Waals surface area contributed by atoms with Crippen LogP contribution in [0.3, 0.4) is 0 Å². The van der Waals surface area contributed by atoms with E-state index < -0.39 is 0 Å². The van der Waals surface area contributed by atoms with Crippen LogP contribution in [0, 0.1) is 17.2 Å². The zero-order valence-corrected chi connectivity index (χ0v) is 7.89. The first-order chi connectivity index (χ1) is 5.06. The maximum absolute atomic E-state index is 8.71. The van der Waals surface area contributed by atoms with Gasteiger partial charge in [-0.25, -0.2) is 0 Å². The van der Waals surface area contributed by atoms with Gasteiger partial charge in [-0.1, -0.05) is 13.8 Å². The van der Waals surface area contributed by atoms with Crippen LogP contribution in [0.4, 0.5) is 0 Å². The molecule has 0 saturated carbocycles. The van der Waals surface area contributed by atoms with Crippen LogP contribution in [-0.2, 0) is 0 Å². The summed E-state index contributed by atoms with van der Waals surface area (Å²) in [6.45, 7) is 8.38. The van der Waals surface area contributed by atoms with Crippen molar-refractivity contribution in [2.24, 2.45) is 5.92 Å². The molecule has 0 aromatic carbocycles. The van der Waals surface area contributed by atoms with Crippen LogP contribution in [0.1, 0.15) is 34.1 Å². The van der Waals surface area contributed by atoms with Gasteiger partial charge < -0.3 is 0 Å². The minimum absolute atomic E-state index is 0.0231. The average molecular weight is 154 g/mol. The highest BCUT2D eigenvalue weighted by Crippen LogP contribution is 2.04. The van der Waals surface area contributed by atoms with Gasteiger partial charge in [-0.15, -0.1) is 0 Å². The van der Waals surface area contributed by atoms with E-state index in [1.807, 2.05) is 0 Å². The Kier molecular flexibility index (Phi) is 4.89. The molecule has 1 unspecified atom stereocenters. The van der Waals surface area contributed by atoms with E-state index >= 15 is 0 Å². The average Bonchev–Trinajstić information content (AvgIpc) is 1.84. The van der Waals surface area contributed by atoms with E-state index in [4.69, 9.17) is 5.26 Å². The molecule has 0 aromatic rings. The fraction of sp³-hybridized carbons (Fsp3) is 0.889. The fourth-order valence-corrected chi connectivity index (χ4v) is 1.03. The summed E-state index contributed by atoms with van der Waals surface area (Å²) in [5.41, 5.74) is 0. The van der Waals surface area contributed by atoms with Gasteiger partial charge in [0.25, 0.3) is 0 Å². The van der Waals surface area contributed by atoms with Gasteiger partial charge in [-0.3, -0.25) is 5.32 Å². The van der Waals surface area contributed by atoms with E-state index in [2.05, 4.69) is 39.1 Å². The van der Waals surface area contributed by atoms with Crippen LogP contribution in [0.5, 0.6) is 0 Å². The number of hydrogen-bond donors (Lipinski definition) is 1. The van der Waals surface area contributed by atoms with Crippen molar-refractivity contribution in [2.45, 2.75) is 46.2 Å². The van der Waals surface area contributed by atoms with Crippen molar-refractivity contribution in [1.29, 1.82) is 5.26 Å². The molecule has 0 rings (SSSR count). The molecule has 2 heteroatoms. The van der Waals surface area contributed by atoms with Crippen LogP contribution in [0.2, 0.25) is 0 Å². The summed E-state index contributed by atoms with van der Waals surface area (Å²) in [5.74, 6) is 0.589. The van der Waals surface area contributed by atoms with Gasteiger partial charge in [-0.2, -0.15) is 5.26 Å². The van der Waals surface area contributed by atoms with Crippen LogP contribution >= 0.6 is 0 Å². The topological polar surface area (TPSA) is 35.8 Å². The van der Waals surface area contributed by atoms with E-state index in [0.29, 0.717) is 12.0 Å². The molecule has 0 heterocycles. The first-order valence-electron chi connectivity index (χ1n) is 4.22. The molecule has 0 spiro atoms. The van der Waals surface area contributed by atoms with Crippen LogP contribution in [-0.4, -0.2) is 12.1 Å². The first-order valence-corrected chi connectivity index (χ1v) is 4.22. The van der Waals surface area contributed by atoms with Crippen LogP contribution in [0.25, 0.3) is 0 Å². The summed E-state index contributed by atoms with van der Waals surface area (Å²) in [4.78, 5) is 0. The molecule has 64 valence electrons. The zero-order valence-electron chi connectivity index (χ0n) is 7.89. The molecular weight excluding hydrogens is 136 g/mol. The third-order valence-electron chi connectivity index (χ3n) is 1.40. The molecule has 0 saturated heterocycles. The second-order valence-electron chi connectivity index (χ2n) is 3.63. The minimum atomic E-state index is 0.0231. The molecule has 1 N–H and O–H groups in total. The van der Waals surface area contributed by atoms with Gasteiger partial charge in [0.2, 0.25) is 0 Å². The molecule has 11 heavy (non-hydrogen) atoms. The Morgan fingerprint density at radius 1 is 1.27 bits per heavy atom. The molecule has 0 aliphatic rings. The molecule has 0 amide bonds. The smallest absolute Gasteiger partial charge is 0.0957 e. The Morgan fingerprint density at radius 3 is 2.09 bits per heavy atom. The molecule has 0 aliphatic heterocycles. The molecule has 0 fully saturated rings. The summed E-state index contributed by atoms with van der Waals surface area (Å²) in [7, 11) is 0. The Bertz CT molecular complexity index is 123. The van der Waals surface area contributed by atoms with Crippen LogP contribution < -0.4 is 5.32 Å². The van der Waals surface area contributed by atoms with Gasteiger partial charge >= 0.3 is 0 Å². The highest BCUT2D eigenvalue weighted by Gasteiger charge is 2.09. The van der Waals surface area contributed by atoms with Gasteiger partial charge in [0.05, 0.1) is 12.1 Å². The molecular formula is C9H18N2. The van der Waals surface area contributed by atoms with Crippen molar-refractivity contribution in [1.82, 2.24) is 5.32 Å². The lowest BCUT2D eigenvalue weighted by Gasteiger charge is -2.15. The van der Waals surface area contributed by atoms with Crippen molar-refractivity contribution < 1.29 is 0 Å². The highest BCUT2D eigenvalue weighted by atomic mass is 14.9. The summed E-state index contributed by atoms with van der Waals surface area (Å²) in [6, 6.07) is 2.68. The normalized spacial score (nSPS) is 13.5. The summed E-state index contributed by atoms with van der Waals surface area (Å²) in [5, 5.41) is 11.9. The monoisotopic (exact) mass is 154 g/mol. The lowest BCUT2D eigenvalue weighted by molar-refractivity contribution is 0.448. The maximum atomic E-state index is 8.71. The standard InChI is InChI=1S/C9H18N2/c1-7(2)5-9(6-10)11-8(3)4/h7-9,11H,5H2,1-4H3. The molecule has 0 radical (unpaired) electrons. The molecule has 0 bridgehead atoms. The second kappa shape index (κ2) is 5.15. The van der Waals surface area contributed by atoms with Crippen molar-refractivity contribution >= 4 is 0 Å². The molecule has 0 aromatic heterocycles. The zero-order chi connectivity index (χ0) is 8.85. The van der Waals surface area contributed by atoms with Gasteiger partial charge in [0.15, 0.2) is 0 Å². The van der Waals surface area contributed by atoms with E-state index in [1.54, 1.807) is 0 Å². The second-order valence-corrected chi connectivity index (χ2v) is 3.63. The van der Waals surface area contributed by atoms with Gasteiger partial charge in [0, 0.05) is 6.04 Å². The lowest BCUT2D eigenvalue weighted by Crippen LogP contribution is -2.34. The number of rotatable bonds is 4. The van der Waals surface area contributed by atoms with E-state index in [1.165, 1.54) is 0 Å². The number of nitriles is 1. The SMILES string of the molecule is CC(C)CC(C#N)NC(C)C. The molecule has 1 atom stereocenters. The van der Waals surface area contributed by atoms with Gasteiger partial charge in [-0.05, 0) is 26.2 Å². The van der Waals surface area contributed by atoms with E-state index in [9.17, 15) is 0 Å². The predicted octanol–water partition coefficient (Wildman–Crippen LogP) is 1.92.